The first-order valence-electron chi connectivity index (χ1n) is 6.41. The highest BCUT2D eigenvalue weighted by molar-refractivity contribution is 7.15. The zero-order valence-electron chi connectivity index (χ0n) is 11.3. The quantitative estimate of drug-likeness (QED) is 0.906. The molecule has 0 bridgehead atoms. The Kier molecular flexibility index (Phi) is 4.77. The van der Waals surface area contributed by atoms with Gasteiger partial charge in [-0.25, -0.2) is 18.2 Å². The van der Waals surface area contributed by atoms with Gasteiger partial charge in [0.15, 0.2) is 0 Å². The molecular weight excluding hydrogens is 285 g/mol. The Balaban J connectivity index is 2.45. The third-order valence-corrected chi connectivity index (χ3v) is 3.98. The lowest BCUT2D eigenvalue weighted by molar-refractivity contribution is 0.548. The summed E-state index contributed by atoms with van der Waals surface area (Å²) in [6.45, 7) is 5.33. The van der Waals surface area contributed by atoms with Gasteiger partial charge in [-0.3, -0.25) is 0 Å². The number of hydrogen-bond donors (Lipinski definition) is 1. The van der Waals surface area contributed by atoms with Crippen LogP contribution < -0.4 is 5.32 Å². The first kappa shape index (κ1) is 15.0. The maximum Gasteiger partial charge on any atom is 0.139 e. The third kappa shape index (κ3) is 3.02. The summed E-state index contributed by atoms with van der Waals surface area (Å²) in [7, 11) is 0. The van der Waals surface area contributed by atoms with Crippen LogP contribution >= 0.6 is 11.3 Å². The van der Waals surface area contributed by atoms with E-state index < -0.39 is 17.5 Å². The smallest absolute Gasteiger partial charge is 0.139 e. The maximum atomic E-state index is 13.8. The van der Waals surface area contributed by atoms with Gasteiger partial charge in [0.05, 0.1) is 11.3 Å². The third-order valence-electron chi connectivity index (χ3n) is 2.87. The monoisotopic (exact) mass is 300 g/mol. The molecule has 6 heteroatoms. The number of nitrogens with zero attached hydrogens (tertiary/aromatic N) is 1. The highest BCUT2D eigenvalue weighted by Crippen LogP contribution is 2.32. The molecule has 0 amide bonds. The van der Waals surface area contributed by atoms with E-state index in [0.29, 0.717) is 25.1 Å². The normalized spacial score (nSPS) is 11.1. The molecule has 0 aliphatic rings. The molecule has 2 nitrogen and oxygen atoms in total. The van der Waals surface area contributed by atoms with Crippen molar-refractivity contribution in [2.45, 2.75) is 26.8 Å². The molecule has 20 heavy (non-hydrogen) atoms. The summed E-state index contributed by atoms with van der Waals surface area (Å²) >= 11 is 1.24. The van der Waals surface area contributed by atoms with E-state index in [1.165, 1.54) is 11.3 Å². The van der Waals surface area contributed by atoms with Crippen LogP contribution in [-0.4, -0.2) is 11.5 Å². The van der Waals surface area contributed by atoms with Gasteiger partial charge in [0.25, 0.3) is 0 Å². The fourth-order valence-electron chi connectivity index (χ4n) is 1.89. The molecule has 0 radical (unpaired) electrons. The molecule has 2 rings (SSSR count). The van der Waals surface area contributed by atoms with Crippen LogP contribution in [-0.2, 0) is 13.0 Å². The van der Waals surface area contributed by atoms with E-state index >= 15 is 0 Å². The van der Waals surface area contributed by atoms with Gasteiger partial charge >= 0.3 is 0 Å². The molecule has 108 valence electrons. The predicted molar refractivity (Wildman–Crippen MR) is 74.2 cm³/mol. The second-order valence-electron chi connectivity index (χ2n) is 4.27. The topological polar surface area (TPSA) is 24.9 Å². The minimum atomic E-state index is -0.927. The Morgan fingerprint density at radius 2 is 1.80 bits per heavy atom. The van der Waals surface area contributed by atoms with Crippen LogP contribution in [0, 0.1) is 17.5 Å². The van der Waals surface area contributed by atoms with Crippen molar-refractivity contribution < 1.29 is 13.2 Å². The molecule has 0 fully saturated rings. The average molecular weight is 300 g/mol. The van der Waals surface area contributed by atoms with Crippen molar-refractivity contribution in [2.24, 2.45) is 0 Å². The SMILES string of the molecule is CCNCc1sc(-c2c(F)cc(F)cc2F)nc1CC. The lowest BCUT2D eigenvalue weighted by Gasteiger charge is -2.01. The molecule has 0 saturated carbocycles. The van der Waals surface area contributed by atoms with Gasteiger partial charge in [0.2, 0.25) is 0 Å². The Morgan fingerprint density at radius 1 is 1.15 bits per heavy atom. The molecule has 1 aromatic heterocycles. The Hall–Kier alpha value is -1.40. The number of thiazole rings is 1. The fourth-order valence-corrected chi connectivity index (χ4v) is 3.06. The van der Waals surface area contributed by atoms with Crippen LogP contribution in [0.4, 0.5) is 13.2 Å². The molecule has 1 aromatic carbocycles. The first-order chi connectivity index (χ1) is 9.56. The molecule has 2 aromatic rings. The molecule has 0 saturated heterocycles. The van der Waals surface area contributed by atoms with Gasteiger partial charge in [0.1, 0.15) is 22.5 Å². The number of rotatable bonds is 5. The summed E-state index contributed by atoms with van der Waals surface area (Å²) < 4.78 is 40.5. The number of aromatic nitrogens is 1. The number of aryl methyl sites for hydroxylation is 1. The summed E-state index contributed by atoms with van der Waals surface area (Å²) in [5.74, 6) is -2.77. The van der Waals surface area contributed by atoms with E-state index in [1.807, 2.05) is 13.8 Å². The molecule has 0 atom stereocenters. The Bertz CT molecular complexity index is 587. The van der Waals surface area contributed by atoms with Gasteiger partial charge < -0.3 is 5.32 Å². The van der Waals surface area contributed by atoms with Crippen LogP contribution in [0.25, 0.3) is 10.6 Å². The highest BCUT2D eigenvalue weighted by atomic mass is 32.1. The molecule has 1 heterocycles. The van der Waals surface area contributed by atoms with Gasteiger partial charge in [-0.1, -0.05) is 13.8 Å². The van der Waals surface area contributed by atoms with Crippen molar-refractivity contribution in [1.82, 2.24) is 10.3 Å². The van der Waals surface area contributed by atoms with Crippen molar-refractivity contribution in [3.8, 4) is 10.6 Å². The van der Waals surface area contributed by atoms with Crippen LogP contribution in [0.2, 0.25) is 0 Å². The van der Waals surface area contributed by atoms with Crippen molar-refractivity contribution in [3.05, 3.63) is 40.2 Å². The van der Waals surface area contributed by atoms with Crippen LogP contribution in [0.1, 0.15) is 24.4 Å². The second kappa shape index (κ2) is 6.37. The average Bonchev–Trinajstić information content (AvgIpc) is 2.78. The van der Waals surface area contributed by atoms with Gasteiger partial charge in [0, 0.05) is 23.6 Å². The van der Waals surface area contributed by atoms with E-state index in [2.05, 4.69) is 10.3 Å². The fraction of sp³-hybridized carbons (Fsp3) is 0.357. The minimum Gasteiger partial charge on any atom is -0.312 e. The molecule has 0 aliphatic carbocycles. The summed E-state index contributed by atoms with van der Waals surface area (Å²) in [6, 6.07) is 1.35. The van der Waals surface area contributed by atoms with Crippen molar-refractivity contribution in [3.63, 3.8) is 0 Å². The summed E-state index contributed by atoms with van der Waals surface area (Å²) in [4.78, 5) is 5.23. The van der Waals surface area contributed by atoms with Gasteiger partial charge in [-0.05, 0) is 13.0 Å². The number of benzene rings is 1. The van der Waals surface area contributed by atoms with Crippen molar-refractivity contribution in [1.29, 1.82) is 0 Å². The molecule has 0 unspecified atom stereocenters. The molecule has 0 spiro atoms. The maximum absolute atomic E-state index is 13.8. The van der Waals surface area contributed by atoms with E-state index in [4.69, 9.17) is 0 Å². The van der Waals surface area contributed by atoms with E-state index in [-0.39, 0.29) is 10.6 Å². The summed E-state index contributed by atoms with van der Waals surface area (Å²) in [5, 5.41) is 3.42. The summed E-state index contributed by atoms with van der Waals surface area (Å²) in [5.41, 5.74) is 0.558. The first-order valence-corrected chi connectivity index (χ1v) is 7.22. The Morgan fingerprint density at radius 3 is 2.35 bits per heavy atom. The summed E-state index contributed by atoms with van der Waals surface area (Å²) in [6.07, 6.45) is 0.682. The molecular formula is C14H15F3N2S. The standard InChI is InChI=1S/C14H15F3N2S/c1-3-11-12(7-18-4-2)20-14(19-11)13-9(16)5-8(15)6-10(13)17/h5-6,18H,3-4,7H2,1-2H3. The van der Waals surface area contributed by atoms with Crippen molar-refractivity contribution >= 4 is 11.3 Å². The molecule has 0 aliphatic heterocycles. The lowest BCUT2D eigenvalue weighted by atomic mass is 10.2. The predicted octanol–water partition coefficient (Wildman–Crippen LogP) is 3.90. The Labute approximate surface area is 119 Å². The molecule has 1 N–H and O–H groups in total. The van der Waals surface area contributed by atoms with E-state index in [0.717, 1.165) is 17.1 Å². The zero-order valence-corrected chi connectivity index (χ0v) is 12.1. The van der Waals surface area contributed by atoms with E-state index in [9.17, 15) is 13.2 Å². The largest absolute Gasteiger partial charge is 0.312 e. The highest BCUT2D eigenvalue weighted by Gasteiger charge is 2.19. The zero-order chi connectivity index (χ0) is 14.7. The number of nitrogens with one attached hydrogen (secondary N) is 1. The van der Waals surface area contributed by atoms with Gasteiger partial charge in [-0.2, -0.15) is 0 Å². The van der Waals surface area contributed by atoms with Crippen molar-refractivity contribution in [2.75, 3.05) is 6.54 Å². The lowest BCUT2D eigenvalue weighted by Crippen LogP contribution is -2.11. The second-order valence-corrected chi connectivity index (χ2v) is 5.35. The number of halogens is 3. The van der Waals surface area contributed by atoms with Gasteiger partial charge in [-0.15, -0.1) is 11.3 Å². The van der Waals surface area contributed by atoms with Crippen LogP contribution in [0.5, 0.6) is 0 Å². The number of hydrogen-bond acceptors (Lipinski definition) is 3. The van der Waals surface area contributed by atoms with E-state index in [1.54, 1.807) is 0 Å². The van der Waals surface area contributed by atoms with Crippen LogP contribution in [0.15, 0.2) is 12.1 Å². The van der Waals surface area contributed by atoms with Crippen LogP contribution in [0.3, 0.4) is 0 Å². The minimum absolute atomic E-state index is 0.254.